The Morgan fingerprint density at radius 3 is 2.48 bits per heavy atom. The molecule has 0 aliphatic carbocycles. The molecule has 0 fully saturated rings. The Bertz CT molecular complexity index is 835. The van der Waals surface area contributed by atoms with Gasteiger partial charge in [0.05, 0.1) is 5.75 Å². The van der Waals surface area contributed by atoms with Crippen molar-refractivity contribution in [2.45, 2.75) is 31.7 Å². The van der Waals surface area contributed by atoms with Crippen molar-refractivity contribution in [3.05, 3.63) is 70.8 Å². The fraction of sp³-hybridized carbons (Fsp3) is 0.278. The number of carboxylic acids is 1. The number of rotatable bonds is 8. The van der Waals surface area contributed by atoms with Crippen molar-refractivity contribution in [1.82, 2.24) is 4.72 Å². The van der Waals surface area contributed by atoms with Crippen LogP contribution in [-0.2, 0) is 33.5 Å². The third kappa shape index (κ3) is 5.97. The van der Waals surface area contributed by atoms with E-state index < -0.39 is 22.0 Å². The van der Waals surface area contributed by atoms with E-state index in [4.69, 9.17) is 10.8 Å². The highest BCUT2D eigenvalue weighted by Crippen LogP contribution is 2.14. The van der Waals surface area contributed by atoms with E-state index in [1.54, 1.807) is 30.3 Å². The number of nitrogens with one attached hydrogen (secondary N) is 1. The van der Waals surface area contributed by atoms with Crippen LogP contribution in [0.3, 0.4) is 0 Å². The van der Waals surface area contributed by atoms with E-state index in [-0.39, 0.29) is 18.7 Å². The second kappa shape index (κ2) is 8.24. The normalized spacial score (nSPS) is 12.7. The monoisotopic (exact) mass is 362 g/mol. The maximum absolute atomic E-state index is 12.2. The molecule has 2 rings (SSSR count). The minimum absolute atomic E-state index is 0.0869. The number of benzene rings is 2. The van der Waals surface area contributed by atoms with Gasteiger partial charge >= 0.3 is 5.97 Å². The summed E-state index contributed by atoms with van der Waals surface area (Å²) in [6.45, 7) is 2.01. The van der Waals surface area contributed by atoms with Gasteiger partial charge in [-0.05, 0) is 35.6 Å². The van der Waals surface area contributed by atoms with Crippen LogP contribution in [0.15, 0.2) is 48.5 Å². The van der Waals surface area contributed by atoms with Crippen molar-refractivity contribution in [1.29, 1.82) is 0 Å². The van der Waals surface area contributed by atoms with Gasteiger partial charge in [-0.1, -0.05) is 48.5 Å². The van der Waals surface area contributed by atoms with Crippen LogP contribution in [0.4, 0.5) is 0 Å². The van der Waals surface area contributed by atoms with Crippen LogP contribution in [0.2, 0.25) is 0 Å². The zero-order valence-corrected chi connectivity index (χ0v) is 14.8. The van der Waals surface area contributed by atoms with Crippen molar-refractivity contribution in [2.75, 3.05) is 0 Å². The number of aryl methyl sites for hydroxylation is 1. The van der Waals surface area contributed by atoms with Gasteiger partial charge in [0.15, 0.2) is 0 Å². The Balaban J connectivity index is 2.04. The third-order valence-electron chi connectivity index (χ3n) is 3.87. The highest BCUT2D eigenvalue weighted by Gasteiger charge is 2.15. The minimum atomic E-state index is -3.46. The summed E-state index contributed by atoms with van der Waals surface area (Å²) in [4.78, 5) is 10.9. The molecule has 0 unspecified atom stereocenters. The first-order valence-electron chi connectivity index (χ1n) is 7.85. The second-order valence-electron chi connectivity index (χ2n) is 5.98. The summed E-state index contributed by atoms with van der Waals surface area (Å²) in [6.07, 6.45) is 0.200. The average molecular weight is 362 g/mol. The number of aliphatic carboxylic acids is 1. The lowest BCUT2D eigenvalue weighted by Gasteiger charge is -2.12. The number of hydrogen-bond acceptors (Lipinski definition) is 4. The molecule has 4 N–H and O–H groups in total. The van der Waals surface area contributed by atoms with E-state index >= 15 is 0 Å². The van der Waals surface area contributed by atoms with Gasteiger partial charge in [-0.15, -0.1) is 0 Å². The molecule has 0 amide bonds. The van der Waals surface area contributed by atoms with E-state index in [0.717, 1.165) is 16.7 Å². The molecular weight excluding hydrogens is 340 g/mol. The van der Waals surface area contributed by atoms with E-state index in [9.17, 15) is 13.2 Å². The molecule has 0 aromatic heterocycles. The molecular formula is C18H22N2O4S. The number of sulfonamides is 1. The molecule has 6 nitrogen and oxygen atoms in total. The zero-order valence-electron chi connectivity index (χ0n) is 14.0. The molecule has 0 spiro atoms. The van der Waals surface area contributed by atoms with E-state index in [2.05, 4.69) is 4.72 Å². The second-order valence-corrected chi connectivity index (χ2v) is 7.78. The summed E-state index contributed by atoms with van der Waals surface area (Å²) in [5, 5.41) is 8.94. The summed E-state index contributed by atoms with van der Waals surface area (Å²) in [5.74, 6) is -1.15. The lowest BCUT2D eigenvalue weighted by molar-refractivity contribution is -0.138. The van der Waals surface area contributed by atoms with Crippen LogP contribution in [0.25, 0.3) is 0 Å². The lowest BCUT2D eigenvalue weighted by Crippen LogP contribution is -2.32. The van der Waals surface area contributed by atoms with E-state index in [1.807, 2.05) is 25.1 Å². The molecule has 2 aromatic rings. The molecule has 0 saturated carbocycles. The van der Waals surface area contributed by atoms with Crippen LogP contribution in [0, 0.1) is 6.92 Å². The van der Waals surface area contributed by atoms with Gasteiger partial charge in [-0.3, -0.25) is 4.79 Å². The number of carbonyl (C=O) groups is 1. The van der Waals surface area contributed by atoms with Crippen molar-refractivity contribution in [3.8, 4) is 0 Å². The van der Waals surface area contributed by atoms with Gasteiger partial charge in [0.25, 0.3) is 0 Å². The number of nitrogens with two attached hydrogens (primary N) is 1. The first-order valence-corrected chi connectivity index (χ1v) is 9.50. The van der Waals surface area contributed by atoms with Crippen molar-refractivity contribution < 1.29 is 18.3 Å². The molecule has 134 valence electrons. The van der Waals surface area contributed by atoms with Crippen molar-refractivity contribution >= 4 is 16.0 Å². The van der Waals surface area contributed by atoms with E-state index in [0.29, 0.717) is 5.56 Å². The Morgan fingerprint density at radius 2 is 1.84 bits per heavy atom. The minimum Gasteiger partial charge on any atom is -0.480 e. The largest absolute Gasteiger partial charge is 0.480 e. The number of carboxylic acid groups (broad SMARTS) is 1. The van der Waals surface area contributed by atoms with Crippen LogP contribution < -0.4 is 10.5 Å². The van der Waals surface area contributed by atoms with Crippen LogP contribution in [0.5, 0.6) is 0 Å². The molecule has 0 aliphatic rings. The fourth-order valence-corrected chi connectivity index (χ4v) is 3.54. The Kier molecular flexibility index (Phi) is 6.30. The van der Waals surface area contributed by atoms with Gasteiger partial charge in [0.2, 0.25) is 10.0 Å². The molecule has 0 heterocycles. The van der Waals surface area contributed by atoms with E-state index in [1.165, 1.54) is 0 Å². The Labute approximate surface area is 147 Å². The fourth-order valence-electron chi connectivity index (χ4n) is 2.42. The maximum atomic E-state index is 12.2. The molecule has 1 atom stereocenters. The Hall–Kier alpha value is -2.22. The highest BCUT2D eigenvalue weighted by molar-refractivity contribution is 7.88. The zero-order chi connectivity index (χ0) is 18.4. The summed E-state index contributed by atoms with van der Waals surface area (Å²) < 4.78 is 26.9. The quantitative estimate of drug-likeness (QED) is 0.660. The molecule has 0 bridgehead atoms. The SMILES string of the molecule is Cc1ccc(CNS(=O)(=O)Cc2ccccc2)cc1C[C@H](N)C(=O)O. The first-order chi connectivity index (χ1) is 11.8. The molecule has 7 heteroatoms. The molecule has 2 aromatic carbocycles. The van der Waals surface area contributed by atoms with Crippen molar-refractivity contribution in [2.24, 2.45) is 5.73 Å². The first kappa shape index (κ1) is 19.1. The lowest BCUT2D eigenvalue weighted by atomic mass is 9.99. The van der Waals surface area contributed by atoms with Crippen LogP contribution >= 0.6 is 0 Å². The standard InChI is InChI=1S/C18H22N2O4S/c1-13-7-8-15(9-16(13)10-17(19)18(21)22)11-20-25(23,24)12-14-5-3-2-4-6-14/h2-9,17,20H,10-12,19H2,1H3,(H,21,22)/t17-/m0/s1. The molecule has 0 aliphatic heterocycles. The Morgan fingerprint density at radius 1 is 1.16 bits per heavy atom. The predicted octanol–water partition coefficient (Wildman–Crippen LogP) is 1.57. The summed E-state index contributed by atoms with van der Waals surface area (Å²) in [7, 11) is -3.46. The van der Waals surface area contributed by atoms with Gasteiger partial charge in [-0.2, -0.15) is 0 Å². The molecule has 25 heavy (non-hydrogen) atoms. The van der Waals surface area contributed by atoms with Crippen LogP contribution in [0.1, 0.15) is 22.3 Å². The van der Waals surface area contributed by atoms with Gasteiger partial charge in [0.1, 0.15) is 6.04 Å². The molecule has 0 radical (unpaired) electrons. The van der Waals surface area contributed by atoms with Gasteiger partial charge < -0.3 is 10.8 Å². The molecule has 0 saturated heterocycles. The summed E-state index contributed by atoms with van der Waals surface area (Å²) in [6, 6.07) is 13.4. The third-order valence-corrected chi connectivity index (χ3v) is 5.16. The number of hydrogen-bond donors (Lipinski definition) is 3. The predicted molar refractivity (Wildman–Crippen MR) is 96.4 cm³/mol. The summed E-state index contributed by atoms with van der Waals surface area (Å²) >= 11 is 0. The smallest absolute Gasteiger partial charge is 0.320 e. The topological polar surface area (TPSA) is 109 Å². The van der Waals surface area contributed by atoms with Crippen LogP contribution in [-0.4, -0.2) is 25.5 Å². The average Bonchev–Trinajstić information content (AvgIpc) is 2.56. The maximum Gasteiger partial charge on any atom is 0.320 e. The summed E-state index contributed by atoms with van der Waals surface area (Å²) in [5.41, 5.74) is 8.78. The van der Waals surface area contributed by atoms with Gasteiger partial charge in [0, 0.05) is 6.54 Å². The highest BCUT2D eigenvalue weighted by atomic mass is 32.2. The van der Waals surface area contributed by atoms with Crippen molar-refractivity contribution in [3.63, 3.8) is 0 Å². The van der Waals surface area contributed by atoms with Gasteiger partial charge in [-0.25, -0.2) is 13.1 Å².